The van der Waals surface area contributed by atoms with Crippen LogP contribution < -0.4 is 10.6 Å². The molecule has 0 aromatic heterocycles. The van der Waals surface area contributed by atoms with Crippen molar-refractivity contribution in [3.05, 3.63) is 24.3 Å². The zero-order chi connectivity index (χ0) is 15.3. The maximum Gasteiger partial charge on any atom is 0.341 e. The number of alkyl halides is 2. The van der Waals surface area contributed by atoms with Crippen molar-refractivity contribution in [2.24, 2.45) is 5.73 Å². The van der Waals surface area contributed by atoms with Gasteiger partial charge in [0.15, 0.2) is 0 Å². The van der Waals surface area contributed by atoms with Gasteiger partial charge in [-0.15, -0.1) is 0 Å². The number of nitrogens with two attached hydrogens (primary N) is 1. The average Bonchev–Trinajstić information content (AvgIpc) is 2.39. The maximum atomic E-state index is 12.4. The van der Waals surface area contributed by atoms with Crippen LogP contribution >= 0.6 is 0 Å². The van der Waals surface area contributed by atoms with Crippen molar-refractivity contribution >= 4 is 15.5 Å². The van der Waals surface area contributed by atoms with Crippen molar-refractivity contribution in [2.75, 3.05) is 18.0 Å². The molecule has 0 saturated carbocycles. The Morgan fingerprint density at radius 3 is 2.15 bits per heavy atom. The number of nitrogens with zero attached hydrogens (tertiary/aromatic N) is 1. The summed E-state index contributed by atoms with van der Waals surface area (Å²) in [5.74, 6) is -3.40. The molecular formula is C13H20F2N2O2S. The quantitative estimate of drug-likeness (QED) is 0.839. The van der Waals surface area contributed by atoms with Gasteiger partial charge in [0.25, 0.3) is 0 Å². The second-order valence-corrected chi connectivity index (χ2v) is 6.65. The van der Waals surface area contributed by atoms with Gasteiger partial charge in [0, 0.05) is 18.3 Å². The number of anilines is 1. The molecule has 0 unspecified atom stereocenters. The van der Waals surface area contributed by atoms with Gasteiger partial charge in [-0.05, 0) is 51.1 Å². The topological polar surface area (TPSA) is 63.4 Å². The van der Waals surface area contributed by atoms with Crippen LogP contribution in [0.2, 0.25) is 0 Å². The van der Waals surface area contributed by atoms with Crippen molar-refractivity contribution in [3.63, 3.8) is 0 Å². The molecule has 0 amide bonds. The maximum absolute atomic E-state index is 12.4. The molecule has 7 heteroatoms. The number of halogens is 2. The fourth-order valence-corrected chi connectivity index (χ4v) is 2.60. The van der Waals surface area contributed by atoms with Crippen LogP contribution in [0.25, 0.3) is 0 Å². The lowest BCUT2D eigenvalue weighted by atomic mass is 10.2. The van der Waals surface area contributed by atoms with Gasteiger partial charge >= 0.3 is 5.76 Å². The highest BCUT2D eigenvalue weighted by Gasteiger charge is 2.26. The van der Waals surface area contributed by atoms with Crippen molar-refractivity contribution in [1.29, 1.82) is 0 Å². The molecule has 1 aromatic carbocycles. The van der Waals surface area contributed by atoms with Gasteiger partial charge in [0.05, 0.1) is 4.90 Å². The van der Waals surface area contributed by atoms with E-state index in [1.807, 2.05) is 18.7 Å². The van der Waals surface area contributed by atoms with E-state index in [1.165, 1.54) is 12.1 Å². The van der Waals surface area contributed by atoms with E-state index < -0.39 is 15.6 Å². The van der Waals surface area contributed by atoms with Crippen LogP contribution in [0.3, 0.4) is 0 Å². The number of hydrogen-bond acceptors (Lipinski definition) is 4. The Morgan fingerprint density at radius 1 is 1.20 bits per heavy atom. The Kier molecular flexibility index (Phi) is 5.88. The summed E-state index contributed by atoms with van der Waals surface area (Å²) in [6, 6.07) is 5.74. The molecule has 0 aliphatic carbocycles. The summed E-state index contributed by atoms with van der Waals surface area (Å²) in [6.45, 7) is 5.29. The van der Waals surface area contributed by atoms with Crippen molar-refractivity contribution < 1.29 is 17.2 Å². The van der Waals surface area contributed by atoms with Crippen LogP contribution in [0.1, 0.15) is 20.3 Å². The lowest BCUT2D eigenvalue weighted by Crippen LogP contribution is -2.32. The lowest BCUT2D eigenvalue weighted by Gasteiger charge is -2.29. The Morgan fingerprint density at radius 2 is 1.75 bits per heavy atom. The largest absolute Gasteiger partial charge is 0.369 e. The van der Waals surface area contributed by atoms with Gasteiger partial charge < -0.3 is 10.6 Å². The molecule has 4 nitrogen and oxygen atoms in total. The molecule has 114 valence electrons. The smallest absolute Gasteiger partial charge is 0.341 e. The summed E-state index contributed by atoms with van der Waals surface area (Å²) in [5.41, 5.74) is 6.27. The minimum absolute atomic E-state index is 0.208. The summed E-state index contributed by atoms with van der Waals surface area (Å²) < 4.78 is 47.6. The number of rotatable bonds is 7. The van der Waals surface area contributed by atoms with E-state index in [0.717, 1.165) is 18.7 Å². The molecule has 20 heavy (non-hydrogen) atoms. The number of benzene rings is 1. The van der Waals surface area contributed by atoms with Crippen LogP contribution in [-0.4, -0.2) is 33.3 Å². The molecule has 0 aliphatic heterocycles. The van der Waals surface area contributed by atoms with E-state index in [-0.39, 0.29) is 10.9 Å². The third-order valence-electron chi connectivity index (χ3n) is 2.96. The lowest BCUT2D eigenvalue weighted by molar-refractivity contribution is 0.234. The third kappa shape index (κ3) is 3.89. The Balaban J connectivity index is 3.00. The first-order valence-electron chi connectivity index (χ1n) is 6.39. The van der Waals surface area contributed by atoms with Gasteiger partial charge in [-0.1, -0.05) is 0 Å². The van der Waals surface area contributed by atoms with Crippen LogP contribution in [0.15, 0.2) is 29.2 Å². The summed E-state index contributed by atoms with van der Waals surface area (Å²) in [5, 5.41) is 0. The molecular weight excluding hydrogens is 286 g/mol. The third-order valence-corrected chi connectivity index (χ3v) is 4.36. The first-order valence-corrected chi connectivity index (χ1v) is 7.94. The zero-order valence-corrected chi connectivity index (χ0v) is 12.4. The first kappa shape index (κ1) is 16.8. The van der Waals surface area contributed by atoms with E-state index in [0.29, 0.717) is 6.54 Å². The Hall–Kier alpha value is -1.21. The average molecular weight is 306 g/mol. The molecule has 0 bridgehead atoms. The minimum Gasteiger partial charge on any atom is -0.369 e. The fourth-order valence-electron chi connectivity index (χ4n) is 1.88. The zero-order valence-electron chi connectivity index (χ0n) is 11.6. The van der Waals surface area contributed by atoms with Crippen molar-refractivity contribution in [1.82, 2.24) is 0 Å². The van der Waals surface area contributed by atoms with E-state index in [4.69, 9.17) is 5.73 Å². The van der Waals surface area contributed by atoms with Crippen LogP contribution in [0, 0.1) is 0 Å². The standard InChI is InChI=1S/C13H20F2N2O2S/c1-10(2)17(9-3-8-16)11-4-6-12(7-5-11)20(18,19)13(14)15/h4-7,10,13H,3,8-9,16H2,1-2H3. The van der Waals surface area contributed by atoms with Crippen molar-refractivity contribution in [3.8, 4) is 0 Å². The van der Waals surface area contributed by atoms with Gasteiger partial charge in [-0.3, -0.25) is 0 Å². The highest BCUT2D eigenvalue weighted by Crippen LogP contribution is 2.23. The molecule has 0 spiro atoms. The van der Waals surface area contributed by atoms with E-state index in [2.05, 4.69) is 0 Å². The second-order valence-electron chi connectivity index (χ2n) is 4.73. The predicted octanol–water partition coefficient (Wildman–Crippen LogP) is 2.25. The molecule has 1 aromatic rings. The minimum atomic E-state index is -4.53. The highest BCUT2D eigenvalue weighted by molar-refractivity contribution is 7.91. The molecule has 0 saturated heterocycles. The van der Waals surface area contributed by atoms with E-state index in [1.54, 1.807) is 12.1 Å². The van der Waals surface area contributed by atoms with E-state index >= 15 is 0 Å². The van der Waals surface area contributed by atoms with Crippen LogP contribution in [0.5, 0.6) is 0 Å². The SMILES string of the molecule is CC(C)N(CCCN)c1ccc(S(=O)(=O)C(F)F)cc1. The number of hydrogen-bond donors (Lipinski definition) is 1. The monoisotopic (exact) mass is 306 g/mol. The Bertz CT molecular complexity index is 516. The number of sulfone groups is 1. The van der Waals surface area contributed by atoms with Crippen LogP contribution in [0.4, 0.5) is 14.5 Å². The molecule has 0 fully saturated rings. The van der Waals surface area contributed by atoms with Gasteiger partial charge in [-0.25, -0.2) is 8.42 Å². The summed E-state index contributed by atoms with van der Waals surface area (Å²) in [4.78, 5) is 1.69. The van der Waals surface area contributed by atoms with Crippen LogP contribution in [-0.2, 0) is 9.84 Å². The van der Waals surface area contributed by atoms with E-state index in [9.17, 15) is 17.2 Å². The normalized spacial score (nSPS) is 12.2. The van der Waals surface area contributed by atoms with Gasteiger partial charge in [-0.2, -0.15) is 8.78 Å². The Labute approximate surface area is 118 Å². The highest BCUT2D eigenvalue weighted by atomic mass is 32.2. The molecule has 2 N–H and O–H groups in total. The van der Waals surface area contributed by atoms with Crippen molar-refractivity contribution in [2.45, 2.75) is 37.0 Å². The predicted molar refractivity (Wildman–Crippen MR) is 75.8 cm³/mol. The summed E-state index contributed by atoms with van der Waals surface area (Å²) in [7, 11) is -4.53. The van der Waals surface area contributed by atoms with Gasteiger partial charge in [0.2, 0.25) is 9.84 Å². The fraction of sp³-hybridized carbons (Fsp3) is 0.538. The molecule has 0 atom stereocenters. The molecule has 0 heterocycles. The molecule has 0 aliphatic rings. The summed E-state index contributed by atoms with van der Waals surface area (Å²) in [6.07, 6.45) is 0.801. The van der Waals surface area contributed by atoms with Gasteiger partial charge in [0.1, 0.15) is 0 Å². The summed E-state index contributed by atoms with van der Waals surface area (Å²) >= 11 is 0. The first-order chi connectivity index (χ1) is 9.30. The molecule has 1 rings (SSSR count). The molecule has 0 radical (unpaired) electrons. The second kappa shape index (κ2) is 6.99.